The molecule has 2 aliphatic rings. The van der Waals surface area contributed by atoms with Crippen molar-refractivity contribution >= 4 is 37.0 Å². The zero-order chi connectivity index (χ0) is 26.4. The lowest BCUT2D eigenvalue weighted by Gasteiger charge is -2.47. The highest BCUT2D eigenvalue weighted by molar-refractivity contribution is 7.95. The molecule has 0 spiro atoms. The van der Waals surface area contributed by atoms with Crippen molar-refractivity contribution in [3.8, 4) is 0 Å². The first-order chi connectivity index (χ1) is 17.6. The van der Waals surface area contributed by atoms with E-state index in [4.69, 9.17) is 11.6 Å². The SMILES string of the molecule is Cc1ccc(S(=O)(=O)C2=C(c3ccccc3)[C@H]3[C@H](Cl)CCC[C@H]3N(S(=O)(=O)c3ccc(C)cc3)C2)cc1. The van der Waals surface area contributed by atoms with Crippen molar-refractivity contribution in [1.29, 1.82) is 0 Å². The summed E-state index contributed by atoms with van der Waals surface area (Å²) >= 11 is 6.95. The van der Waals surface area contributed by atoms with Crippen LogP contribution in [0.25, 0.3) is 5.57 Å². The molecule has 8 heteroatoms. The molecular formula is C29H30ClNO4S2. The van der Waals surface area contributed by atoms with Crippen LogP contribution in [0.2, 0.25) is 0 Å². The van der Waals surface area contributed by atoms with Gasteiger partial charge in [0, 0.05) is 17.3 Å². The van der Waals surface area contributed by atoms with Crippen LogP contribution in [0.15, 0.2) is 93.6 Å². The van der Waals surface area contributed by atoms with Crippen LogP contribution in [-0.2, 0) is 19.9 Å². The van der Waals surface area contributed by atoms with E-state index in [0.717, 1.165) is 23.1 Å². The second kappa shape index (κ2) is 10.0. The van der Waals surface area contributed by atoms with Crippen molar-refractivity contribution in [3.63, 3.8) is 0 Å². The van der Waals surface area contributed by atoms with E-state index in [1.165, 1.54) is 4.31 Å². The summed E-state index contributed by atoms with van der Waals surface area (Å²) in [6, 6.07) is 22.3. The maximum Gasteiger partial charge on any atom is 0.243 e. The molecule has 0 amide bonds. The minimum atomic E-state index is -4.02. The molecule has 0 saturated heterocycles. The Morgan fingerprint density at radius 1 is 0.757 bits per heavy atom. The maximum absolute atomic E-state index is 14.2. The monoisotopic (exact) mass is 555 g/mol. The quantitative estimate of drug-likeness (QED) is 0.364. The third-order valence-corrected chi connectivity index (χ3v) is 11.7. The van der Waals surface area contributed by atoms with Crippen LogP contribution in [0, 0.1) is 19.8 Å². The van der Waals surface area contributed by atoms with Gasteiger partial charge in [-0.05, 0) is 62.1 Å². The number of sulfone groups is 1. The van der Waals surface area contributed by atoms with Crippen molar-refractivity contribution in [2.24, 2.45) is 5.92 Å². The van der Waals surface area contributed by atoms with Crippen molar-refractivity contribution in [1.82, 2.24) is 4.31 Å². The van der Waals surface area contributed by atoms with E-state index in [1.54, 1.807) is 48.5 Å². The molecule has 3 atom stereocenters. The number of aryl methyl sites for hydroxylation is 2. The summed E-state index contributed by atoms with van der Waals surface area (Å²) in [6.07, 6.45) is 2.08. The molecule has 1 fully saturated rings. The van der Waals surface area contributed by atoms with Gasteiger partial charge in [-0.1, -0.05) is 72.1 Å². The van der Waals surface area contributed by atoms with Crippen LogP contribution in [0.1, 0.15) is 36.0 Å². The fraction of sp³-hybridized carbons (Fsp3) is 0.310. The van der Waals surface area contributed by atoms with E-state index < -0.39 is 37.2 Å². The number of alkyl halides is 1. The third-order valence-electron chi connectivity index (χ3n) is 7.46. The molecule has 1 aliphatic heterocycles. The first kappa shape index (κ1) is 26.2. The lowest BCUT2D eigenvalue weighted by Crippen LogP contribution is -2.53. The number of hydrogen-bond donors (Lipinski definition) is 0. The summed E-state index contributed by atoms with van der Waals surface area (Å²) in [6.45, 7) is 3.56. The molecule has 1 heterocycles. The molecule has 5 nitrogen and oxygen atoms in total. The van der Waals surface area contributed by atoms with Gasteiger partial charge in [-0.2, -0.15) is 4.31 Å². The van der Waals surface area contributed by atoms with E-state index in [1.807, 2.05) is 44.2 Å². The first-order valence-electron chi connectivity index (χ1n) is 12.4. The number of sulfonamides is 1. The van der Waals surface area contributed by atoms with Crippen molar-refractivity contribution in [3.05, 3.63) is 100 Å². The van der Waals surface area contributed by atoms with E-state index in [9.17, 15) is 16.8 Å². The van der Waals surface area contributed by atoms with Gasteiger partial charge in [-0.3, -0.25) is 0 Å². The lowest BCUT2D eigenvalue weighted by molar-refractivity contribution is 0.217. The van der Waals surface area contributed by atoms with Crippen LogP contribution >= 0.6 is 11.6 Å². The number of nitrogens with zero attached hydrogens (tertiary/aromatic N) is 1. The molecule has 37 heavy (non-hydrogen) atoms. The Morgan fingerprint density at radius 3 is 1.92 bits per heavy atom. The Kier molecular flexibility index (Phi) is 7.09. The largest absolute Gasteiger partial charge is 0.243 e. The standard InChI is InChI=1S/C29H30ClNO4S2/c1-20-11-15-23(16-12-20)36(32,33)27-19-31(37(34,35)24-17-13-21(2)14-18-24)26-10-6-9-25(30)29(26)28(27)22-7-4-3-5-8-22/h3-5,7-8,11-18,25-26,29H,6,9-10,19H2,1-2H3/t25-,26-,29+/m1/s1. The second-order valence-electron chi connectivity index (χ2n) is 9.92. The summed E-state index contributed by atoms with van der Waals surface area (Å²) in [5, 5.41) is -0.395. The van der Waals surface area contributed by atoms with E-state index in [-0.39, 0.29) is 21.2 Å². The smallest absolute Gasteiger partial charge is 0.219 e. The van der Waals surface area contributed by atoms with E-state index in [0.29, 0.717) is 18.4 Å². The average Bonchev–Trinajstić information content (AvgIpc) is 2.89. The average molecular weight is 556 g/mol. The van der Waals surface area contributed by atoms with Crippen molar-refractivity contribution in [2.45, 2.75) is 54.3 Å². The van der Waals surface area contributed by atoms with Gasteiger partial charge in [-0.25, -0.2) is 16.8 Å². The fourth-order valence-corrected chi connectivity index (χ4v) is 9.32. The Hall–Kier alpha value is -2.45. The predicted molar refractivity (Wildman–Crippen MR) is 148 cm³/mol. The minimum Gasteiger partial charge on any atom is -0.219 e. The van der Waals surface area contributed by atoms with Gasteiger partial charge in [0.2, 0.25) is 19.9 Å². The van der Waals surface area contributed by atoms with Gasteiger partial charge >= 0.3 is 0 Å². The molecule has 0 bridgehead atoms. The van der Waals surface area contributed by atoms with Gasteiger partial charge in [0.1, 0.15) is 0 Å². The zero-order valence-electron chi connectivity index (χ0n) is 20.8. The summed E-state index contributed by atoms with van der Waals surface area (Å²) in [4.78, 5) is 0.408. The number of benzene rings is 3. The summed E-state index contributed by atoms with van der Waals surface area (Å²) in [7, 11) is -8.00. The van der Waals surface area contributed by atoms with E-state index in [2.05, 4.69) is 0 Å². The van der Waals surface area contributed by atoms with Crippen LogP contribution in [-0.4, -0.2) is 39.1 Å². The Bertz CT molecular complexity index is 1530. The van der Waals surface area contributed by atoms with Crippen LogP contribution in [0.3, 0.4) is 0 Å². The van der Waals surface area contributed by atoms with Crippen LogP contribution in [0.4, 0.5) is 0 Å². The third kappa shape index (κ3) is 4.78. The zero-order valence-corrected chi connectivity index (χ0v) is 23.2. The predicted octanol–water partition coefficient (Wildman–Crippen LogP) is 5.97. The van der Waals surface area contributed by atoms with Gasteiger partial charge < -0.3 is 0 Å². The molecular weight excluding hydrogens is 526 g/mol. The molecule has 5 rings (SSSR count). The highest BCUT2D eigenvalue weighted by Gasteiger charge is 2.49. The summed E-state index contributed by atoms with van der Waals surface area (Å²) in [5.74, 6) is -0.456. The molecule has 0 unspecified atom stereocenters. The molecule has 3 aromatic rings. The summed E-state index contributed by atoms with van der Waals surface area (Å²) in [5.41, 5.74) is 3.30. The number of rotatable bonds is 5. The Morgan fingerprint density at radius 2 is 1.32 bits per heavy atom. The van der Waals surface area contributed by atoms with Gasteiger partial charge in [0.05, 0.1) is 21.2 Å². The van der Waals surface area contributed by atoms with Crippen molar-refractivity contribution < 1.29 is 16.8 Å². The van der Waals surface area contributed by atoms with Crippen LogP contribution < -0.4 is 0 Å². The maximum atomic E-state index is 14.2. The first-order valence-corrected chi connectivity index (χ1v) is 15.8. The van der Waals surface area contributed by atoms with Gasteiger partial charge in [-0.15, -0.1) is 11.6 Å². The number of hydrogen-bond acceptors (Lipinski definition) is 4. The molecule has 1 aliphatic carbocycles. The van der Waals surface area contributed by atoms with Crippen molar-refractivity contribution in [2.75, 3.05) is 6.54 Å². The van der Waals surface area contributed by atoms with Crippen LogP contribution in [0.5, 0.6) is 0 Å². The highest BCUT2D eigenvalue weighted by Crippen LogP contribution is 2.48. The molecule has 0 N–H and O–H groups in total. The second-order valence-corrected chi connectivity index (χ2v) is 14.3. The lowest BCUT2D eigenvalue weighted by atomic mass is 9.75. The Balaban J connectivity index is 1.76. The molecule has 3 aromatic carbocycles. The molecule has 0 radical (unpaired) electrons. The summed E-state index contributed by atoms with van der Waals surface area (Å²) < 4.78 is 57.8. The molecule has 0 aromatic heterocycles. The fourth-order valence-electron chi connectivity index (χ4n) is 5.52. The number of halogens is 1. The van der Waals surface area contributed by atoms with Gasteiger partial charge in [0.15, 0.2) is 0 Å². The highest BCUT2D eigenvalue weighted by atomic mass is 35.5. The number of fused-ring (bicyclic) bond motifs is 1. The topological polar surface area (TPSA) is 71.5 Å². The molecule has 1 saturated carbocycles. The normalized spacial score (nSPS) is 23.1. The van der Waals surface area contributed by atoms with Gasteiger partial charge in [0.25, 0.3) is 0 Å². The Labute approximate surface area is 224 Å². The minimum absolute atomic E-state index is 0.104. The van der Waals surface area contributed by atoms with E-state index >= 15 is 0 Å². The molecule has 194 valence electrons.